The van der Waals surface area contributed by atoms with Crippen LogP contribution in [-0.4, -0.2) is 79.7 Å². The average molecular weight is 685 g/mol. The van der Waals surface area contributed by atoms with Gasteiger partial charge in [0.1, 0.15) is 17.7 Å². The van der Waals surface area contributed by atoms with Crippen LogP contribution in [-0.2, 0) is 16.0 Å². The number of nitrogens with one attached hydrogen (secondary N) is 3. The summed E-state index contributed by atoms with van der Waals surface area (Å²) in [6, 6.07) is 7.13. The highest BCUT2D eigenvalue weighted by atomic mass is 35.5. The monoisotopic (exact) mass is 684 g/mol. The molecule has 2 amide bonds. The number of fused-ring (bicyclic) bond motifs is 2. The quantitative estimate of drug-likeness (QED) is 0.183. The van der Waals surface area contributed by atoms with Gasteiger partial charge in [0.15, 0.2) is 0 Å². The van der Waals surface area contributed by atoms with Gasteiger partial charge in [-0.15, -0.1) is 10.8 Å². The van der Waals surface area contributed by atoms with E-state index in [9.17, 15) is 23.8 Å². The zero-order valence-electron chi connectivity index (χ0n) is 26.0. The fourth-order valence-electron chi connectivity index (χ4n) is 7.22. The Morgan fingerprint density at radius 3 is 2.57 bits per heavy atom. The third-order valence-electron chi connectivity index (χ3n) is 9.40. The van der Waals surface area contributed by atoms with Gasteiger partial charge in [-0.1, -0.05) is 23.7 Å². The van der Waals surface area contributed by atoms with Crippen molar-refractivity contribution in [2.75, 3.05) is 30.8 Å². The summed E-state index contributed by atoms with van der Waals surface area (Å²) in [4.78, 5) is 26.1. The van der Waals surface area contributed by atoms with Crippen LogP contribution in [0.15, 0.2) is 36.4 Å². The predicted octanol–water partition coefficient (Wildman–Crippen LogP) is 6.22. The number of amides is 2. The minimum absolute atomic E-state index is 0.00592. The summed E-state index contributed by atoms with van der Waals surface area (Å²) in [5.74, 6) is -3.04. The van der Waals surface area contributed by atoms with Crippen LogP contribution in [0, 0.1) is 17.6 Å². The minimum Gasteiger partial charge on any atom is -0.465 e. The van der Waals surface area contributed by atoms with Crippen molar-refractivity contribution >= 4 is 40.1 Å². The van der Waals surface area contributed by atoms with Gasteiger partial charge in [0.25, 0.3) is 0 Å². The van der Waals surface area contributed by atoms with Crippen LogP contribution in [0.3, 0.4) is 0 Å². The van der Waals surface area contributed by atoms with E-state index >= 15 is 8.78 Å². The molecule has 5 rings (SSSR count). The molecule has 0 aliphatic carbocycles. The van der Waals surface area contributed by atoms with Gasteiger partial charge in [0.2, 0.25) is 5.91 Å². The molecule has 1 unspecified atom stereocenters. The predicted molar refractivity (Wildman–Crippen MR) is 174 cm³/mol. The van der Waals surface area contributed by atoms with Gasteiger partial charge in [-0.3, -0.25) is 13.9 Å². The van der Waals surface area contributed by atoms with Crippen molar-refractivity contribution in [2.45, 2.75) is 82.0 Å². The smallest absolute Gasteiger partial charge is 0.405 e. The minimum atomic E-state index is -3.00. The number of hydrogen-bond donors (Lipinski definition) is 6. The van der Waals surface area contributed by atoms with E-state index in [4.69, 9.17) is 16.3 Å². The fourth-order valence-corrected chi connectivity index (χ4v) is 9.21. The van der Waals surface area contributed by atoms with E-state index in [0.29, 0.717) is 49.5 Å². The fraction of sp³-hybridized carbons (Fsp3) is 0.562. The van der Waals surface area contributed by atoms with E-state index in [1.54, 1.807) is 28.6 Å². The molecule has 6 atom stereocenters. The Bertz CT molecular complexity index is 1420. The van der Waals surface area contributed by atoms with E-state index in [1.165, 1.54) is 0 Å². The number of carbonyl (C=O) groups excluding carboxylic acids is 1. The van der Waals surface area contributed by atoms with Gasteiger partial charge >= 0.3 is 6.09 Å². The Hall–Kier alpha value is -2.52. The van der Waals surface area contributed by atoms with Gasteiger partial charge in [-0.05, 0) is 88.1 Å². The van der Waals surface area contributed by atoms with E-state index in [0.717, 1.165) is 18.6 Å². The molecule has 0 radical (unpaired) electrons. The number of hydrogen-bond acceptors (Lipinski definition) is 7. The summed E-state index contributed by atoms with van der Waals surface area (Å²) in [7, 11) is -3.00. The van der Waals surface area contributed by atoms with Gasteiger partial charge < -0.3 is 25.8 Å². The van der Waals surface area contributed by atoms with Crippen molar-refractivity contribution in [3.63, 3.8) is 0 Å². The summed E-state index contributed by atoms with van der Waals surface area (Å²) in [5.41, 5.74) is -0.302. The summed E-state index contributed by atoms with van der Waals surface area (Å²) in [6.07, 6.45) is 1.39. The molecule has 0 saturated carbocycles. The van der Waals surface area contributed by atoms with Crippen LogP contribution in [0.4, 0.5) is 19.3 Å². The van der Waals surface area contributed by atoms with E-state index in [-0.39, 0.29) is 47.8 Å². The number of halogens is 3. The second kappa shape index (κ2) is 14.3. The second-order valence-electron chi connectivity index (χ2n) is 13.1. The van der Waals surface area contributed by atoms with Crippen molar-refractivity contribution in [2.24, 2.45) is 5.92 Å². The second-order valence-corrected chi connectivity index (χ2v) is 15.7. The lowest BCUT2D eigenvalue weighted by Crippen LogP contribution is -2.55. The number of anilines is 1. The van der Waals surface area contributed by atoms with E-state index < -0.39 is 52.0 Å². The average Bonchev–Trinajstić information content (AvgIpc) is 3.10. The summed E-state index contributed by atoms with van der Waals surface area (Å²) >= 11 is 6.15. The zero-order chi connectivity index (χ0) is 33.2. The third kappa shape index (κ3) is 8.12. The molecule has 3 aliphatic heterocycles. The number of carboxylic acid groups (broad SMARTS) is 1. The Kier molecular flexibility index (Phi) is 10.8. The lowest BCUT2D eigenvalue weighted by atomic mass is 9.73. The first kappa shape index (κ1) is 34.8. The Morgan fingerprint density at radius 1 is 1.15 bits per heavy atom. The summed E-state index contributed by atoms with van der Waals surface area (Å²) < 4.78 is 60.0. The van der Waals surface area contributed by atoms with Gasteiger partial charge in [0.05, 0.1) is 17.0 Å². The Morgan fingerprint density at radius 2 is 1.87 bits per heavy atom. The lowest BCUT2D eigenvalue weighted by Gasteiger charge is -2.49. The van der Waals surface area contributed by atoms with Crippen molar-refractivity contribution in [1.29, 1.82) is 0 Å². The summed E-state index contributed by atoms with van der Waals surface area (Å²) in [5, 5.41) is 18.6. The molecule has 10 nitrogen and oxygen atoms in total. The number of piperazine rings is 1. The van der Waals surface area contributed by atoms with Gasteiger partial charge in [-0.2, -0.15) is 0 Å². The number of nitrogens with zero attached hydrogens (tertiary/aromatic N) is 1. The Labute approximate surface area is 274 Å². The van der Waals surface area contributed by atoms with Crippen LogP contribution < -0.4 is 16.0 Å². The molecule has 0 spiro atoms. The highest BCUT2D eigenvalue weighted by molar-refractivity contribution is 8.22. The molecule has 6 N–H and O–H groups in total. The highest BCUT2D eigenvalue weighted by Crippen LogP contribution is 2.49. The number of benzene rings is 2. The maximum absolute atomic E-state index is 15.4. The van der Waals surface area contributed by atoms with E-state index in [2.05, 4.69) is 16.0 Å². The molecule has 2 bridgehead atoms. The highest BCUT2D eigenvalue weighted by Gasteiger charge is 2.42. The van der Waals surface area contributed by atoms with Crippen LogP contribution in [0.5, 0.6) is 0 Å². The standard InChI is InChI=1S/C32H43ClF2N4O6S/c1-32(2)16-20(13-14-45-32)27(19-5-7-21(33)8-6-19)29(38-31(41)42)30(40)37-28-24(25(34)11-12-26(28)35)10-9-23-17-36-22-4-3-15-46(43,44)39(23)18-22/h5-8,11-12,20,22-23,27,29,36,38,43-44H,3-4,9-10,13-18H2,1-2H3,(H,37,40)(H,41,42)/t20-,22+,23-,27-,29-/m0/s1. The molecule has 3 saturated heterocycles. The normalized spacial score (nSPS) is 27.5. The van der Waals surface area contributed by atoms with Crippen molar-refractivity contribution in [3.8, 4) is 0 Å². The number of rotatable bonds is 9. The maximum Gasteiger partial charge on any atom is 0.405 e. The van der Waals surface area contributed by atoms with Crippen molar-refractivity contribution in [3.05, 3.63) is 64.2 Å². The SMILES string of the molecule is CC1(C)C[C@@H]([C@H](c2ccc(Cl)cc2)[C@H](NC(=O)O)C(=O)Nc2c(F)ccc(F)c2CC[C@H]2CN[C@@H]3CCCS(O)(O)N2C3)CCO1. The van der Waals surface area contributed by atoms with Gasteiger partial charge in [-0.25, -0.2) is 17.9 Å². The van der Waals surface area contributed by atoms with Gasteiger partial charge in [0, 0.05) is 48.3 Å². The maximum atomic E-state index is 15.4. The molecule has 3 fully saturated rings. The number of carbonyl (C=O) groups is 2. The van der Waals surface area contributed by atoms with Crippen LogP contribution in [0.1, 0.15) is 63.0 Å². The third-order valence-corrected chi connectivity index (χ3v) is 11.7. The van der Waals surface area contributed by atoms with E-state index in [1.807, 2.05) is 13.8 Å². The molecule has 14 heteroatoms. The molecular weight excluding hydrogens is 642 g/mol. The van der Waals surface area contributed by atoms with Crippen molar-refractivity contribution in [1.82, 2.24) is 14.9 Å². The molecule has 46 heavy (non-hydrogen) atoms. The largest absolute Gasteiger partial charge is 0.465 e. The molecule has 3 heterocycles. The molecule has 2 aromatic carbocycles. The lowest BCUT2D eigenvalue weighted by molar-refractivity contribution is -0.120. The topological polar surface area (TPSA) is 143 Å². The first-order chi connectivity index (χ1) is 21.7. The van der Waals surface area contributed by atoms with Crippen LogP contribution >= 0.6 is 22.4 Å². The number of ether oxygens (including phenoxy) is 1. The molecule has 0 aromatic heterocycles. The first-order valence-corrected chi connectivity index (χ1v) is 17.7. The molecule has 3 aliphatic rings. The molecule has 2 aromatic rings. The Balaban J connectivity index is 1.44. The molecule has 254 valence electrons. The van der Waals surface area contributed by atoms with Crippen LogP contribution in [0.2, 0.25) is 5.02 Å². The molecular formula is C32H43ClF2N4O6S. The van der Waals surface area contributed by atoms with Crippen molar-refractivity contribution < 1.29 is 37.3 Å². The first-order valence-electron chi connectivity index (χ1n) is 15.7. The zero-order valence-corrected chi connectivity index (χ0v) is 27.6. The van der Waals surface area contributed by atoms with Crippen LogP contribution in [0.25, 0.3) is 0 Å². The summed E-state index contributed by atoms with van der Waals surface area (Å²) in [6.45, 7) is 5.16.